The first kappa shape index (κ1) is 13.1. The zero-order valence-electron chi connectivity index (χ0n) is 11.4. The molecule has 0 bridgehead atoms. The van der Waals surface area contributed by atoms with Crippen molar-refractivity contribution >= 4 is 17.2 Å². The lowest BCUT2D eigenvalue weighted by Crippen LogP contribution is -2.34. The molecule has 0 aliphatic heterocycles. The number of likely N-dealkylation sites (N-methyl/N-ethyl adjacent to an activating group) is 1. The Morgan fingerprint density at radius 1 is 1.47 bits per heavy atom. The van der Waals surface area contributed by atoms with Crippen LogP contribution in [0.25, 0.3) is 0 Å². The standard InChI is InChI=1S/C15H21NO2S/c1-16(9-12(17)10-6-7-10)15(18)14-8-11-4-2-3-5-13(11)19-14/h8,10,12,17H,2-7,9H2,1H3. The molecule has 1 aromatic rings. The maximum Gasteiger partial charge on any atom is 0.263 e. The highest BCUT2D eigenvalue weighted by atomic mass is 32.1. The number of aryl methyl sites for hydroxylation is 2. The molecule has 0 spiro atoms. The molecule has 104 valence electrons. The van der Waals surface area contributed by atoms with E-state index >= 15 is 0 Å². The van der Waals surface area contributed by atoms with Crippen LogP contribution in [0.3, 0.4) is 0 Å². The van der Waals surface area contributed by atoms with Gasteiger partial charge < -0.3 is 10.0 Å². The molecule has 1 heterocycles. The second-order valence-corrected chi connectivity index (χ2v) is 6.99. The summed E-state index contributed by atoms with van der Waals surface area (Å²) in [6, 6.07) is 2.07. The number of fused-ring (bicyclic) bond motifs is 1. The average Bonchev–Trinajstić information content (AvgIpc) is 3.16. The number of thiophene rings is 1. The fraction of sp³-hybridized carbons (Fsp3) is 0.667. The van der Waals surface area contributed by atoms with Crippen molar-refractivity contribution < 1.29 is 9.90 Å². The van der Waals surface area contributed by atoms with Crippen molar-refractivity contribution in [1.29, 1.82) is 0 Å². The molecule has 1 fully saturated rings. The van der Waals surface area contributed by atoms with Gasteiger partial charge >= 0.3 is 0 Å². The highest BCUT2D eigenvalue weighted by Gasteiger charge is 2.31. The third-order valence-electron chi connectivity index (χ3n) is 4.18. The van der Waals surface area contributed by atoms with Gasteiger partial charge in [0.25, 0.3) is 5.91 Å². The van der Waals surface area contributed by atoms with Gasteiger partial charge in [-0.1, -0.05) is 0 Å². The Morgan fingerprint density at radius 3 is 2.89 bits per heavy atom. The molecule has 1 atom stereocenters. The minimum absolute atomic E-state index is 0.0686. The summed E-state index contributed by atoms with van der Waals surface area (Å²) in [6.07, 6.45) is 6.61. The summed E-state index contributed by atoms with van der Waals surface area (Å²) in [5.74, 6) is 0.492. The van der Waals surface area contributed by atoms with Gasteiger partial charge in [0, 0.05) is 18.5 Å². The molecule has 3 nitrogen and oxygen atoms in total. The normalized spacial score (nSPS) is 19.9. The summed E-state index contributed by atoms with van der Waals surface area (Å²) in [6.45, 7) is 0.464. The predicted molar refractivity (Wildman–Crippen MR) is 76.7 cm³/mol. The topological polar surface area (TPSA) is 40.5 Å². The Bertz CT molecular complexity index is 455. The second kappa shape index (κ2) is 5.25. The van der Waals surface area contributed by atoms with E-state index in [-0.39, 0.29) is 12.0 Å². The summed E-state index contributed by atoms with van der Waals surface area (Å²) in [4.78, 5) is 16.3. The van der Waals surface area contributed by atoms with Crippen LogP contribution in [0.5, 0.6) is 0 Å². The fourth-order valence-corrected chi connectivity index (χ4v) is 4.03. The number of carbonyl (C=O) groups excluding carboxylic acids is 1. The number of aliphatic hydroxyl groups is 1. The first-order valence-electron chi connectivity index (χ1n) is 7.20. The molecule has 2 aliphatic carbocycles. The quantitative estimate of drug-likeness (QED) is 0.920. The first-order chi connectivity index (χ1) is 9.15. The van der Waals surface area contributed by atoms with Crippen LogP contribution in [-0.4, -0.2) is 35.6 Å². The minimum Gasteiger partial charge on any atom is -0.391 e. The number of hydrogen-bond acceptors (Lipinski definition) is 3. The summed E-state index contributed by atoms with van der Waals surface area (Å²) in [7, 11) is 1.80. The molecule has 1 amide bonds. The lowest BCUT2D eigenvalue weighted by molar-refractivity contribution is 0.0649. The Balaban J connectivity index is 1.66. The van der Waals surface area contributed by atoms with Crippen molar-refractivity contribution in [3.05, 3.63) is 21.4 Å². The van der Waals surface area contributed by atoms with E-state index in [1.54, 1.807) is 23.3 Å². The maximum absolute atomic E-state index is 12.4. The zero-order valence-corrected chi connectivity index (χ0v) is 12.2. The molecule has 0 aromatic carbocycles. The maximum atomic E-state index is 12.4. The minimum atomic E-state index is -0.344. The molecular formula is C15H21NO2S. The van der Waals surface area contributed by atoms with Crippen LogP contribution >= 0.6 is 11.3 Å². The van der Waals surface area contributed by atoms with Gasteiger partial charge in [0.05, 0.1) is 11.0 Å². The second-order valence-electron chi connectivity index (χ2n) is 5.86. The Labute approximate surface area is 118 Å². The van der Waals surface area contributed by atoms with Crippen LogP contribution in [0.15, 0.2) is 6.07 Å². The first-order valence-corrected chi connectivity index (χ1v) is 8.02. The smallest absolute Gasteiger partial charge is 0.263 e. The van der Waals surface area contributed by atoms with Crippen LogP contribution in [0.4, 0.5) is 0 Å². The lowest BCUT2D eigenvalue weighted by Gasteiger charge is -2.20. The molecule has 1 N–H and O–H groups in total. The zero-order chi connectivity index (χ0) is 13.4. The van der Waals surface area contributed by atoms with Gasteiger partial charge in [-0.05, 0) is 56.1 Å². The molecule has 2 aliphatic rings. The Kier molecular flexibility index (Phi) is 3.63. The fourth-order valence-electron chi connectivity index (χ4n) is 2.78. The van der Waals surface area contributed by atoms with E-state index in [1.807, 2.05) is 0 Å². The molecule has 0 saturated heterocycles. The van der Waals surface area contributed by atoms with E-state index in [0.717, 1.165) is 30.6 Å². The van der Waals surface area contributed by atoms with Crippen LogP contribution in [0.2, 0.25) is 0 Å². The van der Waals surface area contributed by atoms with Crippen molar-refractivity contribution in [2.45, 2.75) is 44.6 Å². The van der Waals surface area contributed by atoms with Crippen LogP contribution in [0, 0.1) is 5.92 Å². The number of hydrogen-bond donors (Lipinski definition) is 1. The number of amides is 1. The van der Waals surface area contributed by atoms with Gasteiger partial charge in [0.15, 0.2) is 0 Å². The van der Waals surface area contributed by atoms with Gasteiger partial charge in [-0.15, -0.1) is 11.3 Å². The van der Waals surface area contributed by atoms with E-state index in [1.165, 1.54) is 23.3 Å². The third kappa shape index (κ3) is 2.84. The monoisotopic (exact) mass is 279 g/mol. The van der Waals surface area contributed by atoms with Crippen LogP contribution in [-0.2, 0) is 12.8 Å². The van der Waals surface area contributed by atoms with E-state index in [9.17, 15) is 9.90 Å². The summed E-state index contributed by atoms with van der Waals surface area (Å²) < 4.78 is 0. The largest absolute Gasteiger partial charge is 0.391 e. The van der Waals surface area contributed by atoms with E-state index in [0.29, 0.717) is 12.5 Å². The molecule has 1 saturated carbocycles. The van der Waals surface area contributed by atoms with Gasteiger partial charge in [-0.25, -0.2) is 0 Å². The molecule has 4 heteroatoms. The van der Waals surface area contributed by atoms with Crippen molar-refractivity contribution in [3.8, 4) is 0 Å². The summed E-state index contributed by atoms with van der Waals surface area (Å²) >= 11 is 1.65. The van der Waals surface area contributed by atoms with Gasteiger partial charge in [-0.3, -0.25) is 4.79 Å². The van der Waals surface area contributed by atoms with E-state index in [2.05, 4.69) is 6.07 Å². The van der Waals surface area contributed by atoms with Crippen molar-refractivity contribution in [2.75, 3.05) is 13.6 Å². The van der Waals surface area contributed by atoms with Crippen LogP contribution in [0.1, 0.15) is 45.8 Å². The molecule has 19 heavy (non-hydrogen) atoms. The number of aliphatic hydroxyl groups excluding tert-OH is 1. The van der Waals surface area contributed by atoms with Crippen molar-refractivity contribution in [3.63, 3.8) is 0 Å². The highest BCUT2D eigenvalue weighted by Crippen LogP contribution is 2.33. The number of rotatable bonds is 4. The molecule has 1 aromatic heterocycles. The summed E-state index contributed by atoms with van der Waals surface area (Å²) in [5.41, 5.74) is 1.37. The molecule has 3 rings (SSSR count). The molecule has 0 radical (unpaired) electrons. The number of carbonyl (C=O) groups is 1. The third-order valence-corrected chi connectivity index (χ3v) is 5.41. The molecular weight excluding hydrogens is 258 g/mol. The highest BCUT2D eigenvalue weighted by molar-refractivity contribution is 7.14. The SMILES string of the molecule is CN(CC(O)C1CC1)C(=O)c1cc2c(s1)CCCC2. The van der Waals surface area contributed by atoms with Gasteiger partial charge in [0.2, 0.25) is 0 Å². The summed E-state index contributed by atoms with van der Waals surface area (Å²) in [5, 5.41) is 9.93. The molecule has 1 unspecified atom stereocenters. The Morgan fingerprint density at radius 2 is 2.21 bits per heavy atom. The number of nitrogens with zero attached hydrogens (tertiary/aromatic N) is 1. The van der Waals surface area contributed by atoms with Gasteiger partial charge in [0.1, 0.15) is 0 Å². The van der Waals surface area contributed by atoms with Crippen molar-refractivity contribution in [1.82, 2.24) is 4.90 Å². The Hall–Kier alpha value is -0.870. The van der Waals surface area contributed by atoms with Gasteiger partial charge in [-0.2, -0.15) is 0 Å². The van der Waals surface area contributed by atoms with E-state index in [4.69, 9.17) is 0 Å². The average molecular weight is 279 g/mol. The lowest BCUT2D eigenvalue weighted by atomic mass is 9.99. The van der Waals surface area contributed by atoms with Crippen LogP contribution < -0.4 is 0 Å². The van der Waals surface area contributed by atoms with Crippen molar-refractivity contribution in [2.24, 2.45) is 5.92 Å². The van der Waals surface area contributed by atoms with E-state index < -0.39 is 0 Å². The predicted octanol–water partition coefficient (Wildman–Crippen LogP) is 2.47.